The van der Waals surface area contributed by atoms with Crippen LogP contribution in [0.4, 0.5) is 0 Å². The molecule has 2 aromatic heterocycles. The van der Waals surface area contributed by atoms with E-state index in [-0.39, 0.29) is 6.61 Å². The predicted octanol–water partition coefficient (Wildman–Crippen LogP) is 1.69. The van der Waals surface area contributed by atoms with Crippen molar-refractivity contribution >= 4 is 11.3 Å². The van der Waals surface area contributed by atoms with Gasteiger partial charge in [-0.15, -0.1) is 11.3 Å². The van der Waals surface area contributed by atoms with E-state index in [0.29, 0.717) is 0 Å². The van der Waals surface area contributed by atoms with E-state index < -0.39 is 0 Å². The lowest BCUT2D eigenvalue weighted by Gasteiger charge is -2.18. The van der Waals surface area contributed by atoms with Gasteiger partial charge >= 0.3 is 0 Å². The van der Waals surface area contributed by atoms with Gasteiger partial charge in [0.1, 0.15) is 6.61 Å². The second-order valence-corrected chi connectivity index (χ2v) is 5.90. The summed E-state index contributed by atoms with van der Waals surface area (Å²) in [5.74, 6) is 5.64. The molecule has 0 fully saturated rings. The smallest absolute Gasteiger partial charge is 0.104 e. The van der Waals surface area contributed by atoms with Crippen LogP contribution in [0, 0.1) is 11.8 Å². The maximum absolute atomic E-state index is 8.71. The van der Waals surface area contributed by atoms with Crippen LogP contribution >= 0.6 is 11.3 Å². The summed E-state index contributed by atoms with van der Waals surface area (Å²) in [6.07, 6.45) is 5.05. The van der Waals surface area contributed by atoms with Gasteiger partial charge in [0, 0.05) is 48.2 Å². The van der Waals surface area contributed by atoms with Crippen molar-refractivity contribution in [1.82, 2.24) is 14.5 Å². The Bertz CT molecular complexity index is 635. The van der Waals surface area contributed by atoms with Crippen molar-refractivity contribution < 1.29 is 5.11 Å². The number of aliphatic hydroxyl groups is 1. The molecule has 0 saturated carbocycles. The Hall–Kier alpha value is -1.61. The molecular formula is C15H17N3OS. The fourth-order valence-electron chi connectivity index (χ4n) is 2.48. The predicted molar refractivity (Wildman–Crippen MR) is 79.2 cm³/mol. The highest BCUT2D eigenvalue weighted by Gasteiger charge is 2.15. The zero-order chi connectivity index (χ0) is 13.8. The molecule has 1 aliphatic rings. The second kappa shape index (κ2) is 6.23. The van der Waals surface area contributed by atoms with E-state index in [2.05, 4.69) is 37.7 Å². The third kappa shape index (κ3) is 3.10. The number of imidazole rings is 1. The molecule has 1 aliphatic heterocycles. The molecule has 4 nitrogen and oxygen atoms in total. The van der Waals surface area contributed by atoms with Gasteiger partial charge in [-0.05, 0) is 12.5 Å². The van der Waals surface area contributed by atoms with Crippen LogP contribution in [0.1, 0.15) is 22.6 Å². The average Bonchev–Trinajstić information content (AvgIpc) is 3.03. The lowest BCUT2D eigenvalue weighted by atomic mass is 10.3. The van der Waals surface area contributed by atoms with E-state index in [1.165, 1.54) is 10.6 Å². The number of aromatic nitrogens is 2. The summed E-state index contributed by atoms with van der Waals surface area (Å²) in [5.41, 5.74) is 2.29. The second-order valence-electron chi connectivity index (χ2n) is 4.90. The standard InChI is InChI=1S/C15H17N3OS/c19-6-1-3-13-7-15(20-11-13)10-17-4-2-5-18-12-16-8-14(18)9-17/h7-8,11-12,19H,2,4-6,9-10H2. The first-order valence-corrected chi connectivity index (χ1v) is 7.61. The van der Waals surface area contributed by atoms with Crippen molar-refractivity contribution in [3.63, 3.8) is 0 Å². The molecule has 104 valence electrons. The van der Waals surface area contributed by atoms with Crippen LogP contribution in [0.25, 0.3) is 0 Å². The molecule has 20 heavy (non-hydrogen) atoms. The molecule has 0 saturated heterocycles. The molecular weight excluding hydrogens is 270 g/mol. The third-order valence-corrected chi connectivity index (χ3v) is 4.32. The summed E-state index contributed by atoms with van der Waals surface area (Å²) in [4.78, 5) is 8.00. The maximum atomic E-state index is 8.71. The van der Waals surface area contributed by atoms with E-state index in [9.17, 15) is 0 Å². The Kier molecular flexibility index (Phi) is 4.16. The van der Waals surface area contributed by atoms with Gasteiger partial charge in [0.15, 0.2) is 0 Å². The normalized spacial score (nSPS) is 15.2. The number of aryl methyl sites for hydroxylation is 1. The molecule has 0 amide bonds. The molecule has 0 aromatic carbocycles. The Balaban J connectivity index is 1.67. The molecule has 0 spiro atoms. The van der Waals surface area contributed by atoms with Gasteiger partial charge in [0.25, 0.3) is 0 Å². The van der Waals surface area contributed by atoms with E-state index in [1.807, 2.05) is 12.5 Å². The lowest BCUT2D eigenvalue weighted by molar-refractivity contribution is 0.263. The number of hydrogen-bond acceptors (Lipinski definition) is 4. The molecule has 0 atom stereocenters. The summed E-state index contributed by atoms with van der Waals surface area (Å²) in [6, 6.07) is 2.12. The monoisotopic (exact) mass is 287 g/mol. The van der Waals surface area contributed by atoms with Crippen LogP contribution in [-0.4, -0.2) is 32.7 Å². The van der Waals surface area contributed by atoms with Gasteiger partial charge < -0.3 is 9.67 Å². The van der Waals surface area contributed by atoms with Crippen LogP contribution in [0.2, 0.25) is 0 Å². The van der Waals surface area contributed by atoms with Crippen LogP contribution in [0.3, 0.4) is 0 Å². The fourth-order valence-corrected chi connectivity index (χ4v) is 3.34. The highest BCUT2D eigenvalue weighted by atomic mass is 32.1. The third-order valence-electron chi connectivity index (χ3n) is 3.40. The van der Waals surface area contributed by atoms with E-state index in [1.54, 1.807) is 11.3 Å². The first-order valence-electron chi connectivity index (χ1n) is 6.73. The zero-order valence-electron chi connectivity index (χ0n) is 11.2. The molecule has 3 heterocycles. The van der Waals surface area contributed by atoms with Crippen molar-refractivity contribution in [3.8, 4) is 11.8 Å². The highest BCUT2D eigenvalue weighted by molar-refractivity contribution is 7.10. The quantitative estimate of drug-likeness (QED) is 0.855. The van der Waals surface area contributed by atoms with Gasteiger partial charge in [-0.2, -0.15) is 0 Å². The molecule has 0 unspecified atom stereocenters. The van der Waals surface area contributed by atoms with Gasteiger partial charge in [-0.3, -0.25) is 4.90 Å². The largest absolute Gasteiger partial charge is 0.384 e. The van der Waals surface area contributed by atoms with Crippen LogP contribution < -0.4 is 0 Å². The van der Waals surface area contributed by atoms with Crippen molar-refractivity contribution in [3.05, 3.63) is 40.1 Å². The SMILES string of the molecule is OCC#Cc1csc(CN2CCCn3cncc3C2)c1. The van der Waals surface area contributed by atoms with Crippen LogP contribution in [0.5, 0.6) is 0 Å². The molecule has 0 bridgehead atoms. The van der Waals surface area contributed by atoms with Crippen molar-refractivity contribution in [2.24, 2.45) is 0 Å². The van der Waals surface area contributed by atoms with E-state index in [4.69, 9.17) is 5.11 Å². The fraction of sp³-hybridized carbons (Fsp3) is 0.400. The van der Waals surface area contributed by atoms with Crippen molar-refractivity contribution in [2.45, 2.75) is 26.1 Å². The number of fused-ring (bicyclic) bond motifs is 1. The molecule has 2 aromatic rings. The molecule has 0 radical (unpaired) electrons. The van der Waals surface area contributed by atoms with Crippen molar-refractivity contribution in [2.75, 3.05) is 13.2 Å². The van der Waals surface area contributed by atoms with Gasteiger partial charge in [-0.25, -0.2) is 4.98 Å². The molecule has 0 aliphatic carbocycles. The minimum Gasteiger partial charge on any atom is -0.384 e. The summed E-state index contributed by atoms with van der Waals surface area (Å²) in [5, 5.41) is 10.8. The topological polar surface area (TPSA) is 41.3 Å². The van der Waals surface area contributed by atoms with E-state index in [0.717, 1.165) is 38.2 Å². The summed E-state index contributed by atoms with van der Waals surface area (Å²) < 4.78 is 2.24. The van der Waals surface area contributed by atoms with Crippen LogP contribution in [0.15, 0.2) is 24.0 Å². The zero-order valence-corrected chi connectivity index (χ0v) is 12.1. The molecule has 1 N–H and O–H groups in total. The Morgan fingerprint density at radius 3 is 3.25 bits per heavy atom. The minimum absolute atomic E-state index is 0.0820. The average molecular weight is 287 g/mol. The lowest BCUT2D eigenvalue weighted by Crippen LogP contribution is -2.22. The summed E-state index contributed by atoms with van der Waals surface area (Å²) in [7, 11) is 0. The Labute approximate surface area is 122 Å². The number of hydrogen-bond donors (Lipinski definition) is 1. The maximum Gasteiger partial charge on any atom is 0.104 e. The Morgan fingerprint density at radius 1 is 1.40 bits per heavy atom. The number of rotatable bonds is 2. The van der Waals surface area contributed by atoms with Gasteiger partial charge in [0.05, 0.1) is 12.0 Å². The number of thiophene rings is 1. The van der Waals surface area contributed by atoms with Crippen LogP contribution in [-0.2, 0) is 19.6 Å². The van der Waals surface area contributed by atoms with Gasteiger partial charge in [-0.1, -0.05) is 11.8 Å². The first-order chi connectivity index (χ1) is 9.85. The Morgan fingerprint density at radius 2 is 2.35 bits per heavy atom. The summed E-state index contributed by atoms with van der Waals surface area (Å²) in [6.45, 7) is 3.99. The van der Waals surface area contributed by atoms with Crippen molar-refractivity contribution in [1.29, 1.82) is 0 Å². The van der Waals surface area contributed by atoms with Gasteiger partial charge in [0.2, 0.25) is 0 Å². The number of nitrogens with zero attached hydrogens (tertiary/aromatic N) is 3. The number of aliphatic hydroxyl groups excluding tert-OH is 1. The highest BCUT2D eigenvalue weighted by Crippen LogP contribution is 2.19. The minimum atomic E-state index is -0.0820. The first kappa shape index (κ1) is 13.4. The van der Waals surface area contributed by atoms with E-state index >= 15 is 0 Å². The molecule has 3 rings (SSSR count). The molecule has 5 heteroatoms. The summed E-state index contributed by atoms with van der Waals surface area (Å²) >= 11 is 1.74.